The second-order valence-corrected chi connectivity index (χ2v) is 7.86. The molecule has 2 aliphatic rings. The van der Waals surface area contributed by atoms with Crippen LogP contribution >= 0.6 is 47.5 Å². The molecule has 0 radical (unpaired) electrons. The normalized spacial score (nSPS) is 31.1. The highest BCUT2D eigenvalue weighted by Gasteiger charge is 2.56. The van der Waals surface area contributed by atoms with Crippen molar-refractivity contribution < 1.29 is 14.7 Å². The molecule has 11 heteroatoms. The summed E-state index contributed by atoms with van der Waals surface area (Å²) < 4.78 is 2.56. The molecule has 2 aliphatic heterocycles. The van der Waals surface area contributed by atoms with Gasteiger partial charge in [-0.25, -0.2) is 0 Å². The number of hydrogen-bond acceptors (Lipinski definition) is 8. The van der Waals surface area contributed by atoms with E-state index < -0.39 is 16.1 Å². The summed E-state index contributed by atoms with van der Waals surface area (Å²) in [5, 5.41) is 14.8. The molecule has 3 heterocycles. The Morgan fingerprint density at radius 3 is 3.00 bits per heavy atom. The Morgan fingerprint density at radius 2 is 2.43 bits per heavy atom. The first-order chi connectivity index (χ1) is 9.53. The van der Waals surface area contributed by atoms with Crippen LogP contribution in [0.2, 0.25) is 0 Å². The van der Waals surface area contributed by atoms with Crippen molar-refractivity contribution in [2.24, 2.45) is 5.73 Å². The molecule has 1 aromatic rings. The fourth-order valence-electron chi connectivity index (χ4n) is 2.19. The highest BCUT2D eigenvalue weighted by Crippen LogP contribution is 2.47. The fraction of sp³-hybridized carbons (Fsp3) is 0.600. The first-order valence-corrected chi connectivity index (χ1v) is 8.63. The quantitative estimate of drug-likeness (QED) is 0.744. The summed E-state index contributed by atoms with van der Waals surface area (Å²) >= 11 is 3.81. The van der Waals surface area contributed by atoms with Crippen molar-refractivity contribution in [2.45, 2.75) is 27.7 Å². The number of aromatic nitrogens is 2. The Labute approximate surface area is 139 Å². The molecule has 2 saturated heterocycles. The molecule has 2 fully saturated rings. The van der Waals surface area contributed by atoms with Gasteiger partial charge in [0.2, 0.25) is 5.91 Å². The molecule has 0 saturated carbocycles. The third kappa shape index (κ3) is 2.87. The van der Waals surface area contributed by atoms with Gasteiger partial charge in [-0.3, -0.25) is 9.59 Å². The number of carboxylic acid groups (broad SMARTS) is 1. The lowest BCUT2D eigenvalue weighted by Crippen LogP contribution is -2.68. The molecule has 0 bridgehead atoms. The van der Waals surface area contributed by atoms with Crippen LogP contribution in [-0.2, 0) is 15.3 Å². The molecule has 0 aromatic carbocycles. The second-order valence-electron chi connectivity index (χ2n) is 4.62. The van der Waals surface area contributed by atoms with Crippen LogP contribution < -0.4 is 5.73 Å². The lowest BCUT2D eigenvalue weighted by molar-refractivity contribution is -0.147. The van der Waals surface area contributed by atoms with Gasteiger partial charge in [-0.2, -0.15) is 0 Å². The maximum absolute atomic E-state index is 11.7. The van der Waals surface area contributed by atoms with E-state index in [2.05, 4.69) is 9.59 Å². The van der Waals surface area contributed by atoms with E-state index in [9.17, 15) is 14.7 Å². The van der Waals surface area contributed by atoms with Crippen LogP contribution in [0.4, 0.5) is 0 Å². The van der Waals surface area contributed by atoms with E-state index in [1.807, 2.05) is 0 Å². The minimum atomic E-state index is -1.19. The maximum atomic E-state index is 11.7. The van der Waals surface area contributed by atoms with E-state index in [1.165, 1.54) is 35.1 Å². The number of amides is 1. The number of rotatable bonds is 4. The van der Waals surface area contributed by atoms with Gasteiger partial charge in [-0.15, -0.1) is 41.0 Å². The van der Waals surface area contributed by atoms with Gasteiger partial charge in [0.1, 0.15) is 0 Å². The number of nitrogens with zero attached hydrogens (tertiary/aromatic N) is 3. The van der Waals surface area contributed by atoms with Crippen molar-refractivity contribution >= 4 is 59.3 Å². The van der Waals surface area contributed by atoms with Gasteiger partial charge >= 0.3 is 5.97 Å². The molecular weight excluding hydrogens is 356 g/mol. The first-order valence-electron chi connectivity index (χ1n) is 5.87. The van der Waals surface area contributed by atoms with Crippen LogP contribution in [0.3, 0.4) is 0 Å². The van der Waals surface area contributed by atoms with E-state index in [0.29, 0.717) is 12.2 Å². The average molecular weight is 369 g/mol. The number of hydrogen-bond donors (Lipinski definition) is 2. The smallest absolute Gasteiger partial charge is 0.324 e. The van der Waals surface area contributed by atoms with Crippen LogP contribution in [0.5, 0.6) is 0 Å². The summed E-state index contributed by atoms with van der Waals surface area (Å²) in [6, 6.07) is 0. The molecule has 3 rings (SSSR count). The van der Waals surface area contributed by atoms with E-state index in [1.54, 1.807) is 10.3 Å². The lowest BCUT2D eigenvalue weighted by atomic mass is 10.0. The summed E-state index contributed by atoms with van der Waals surface area (Å²) in [6.07, 6.45) is 0.453. The van der Waals surface area contributed by atoms with Crippen molar-refractivity contribution in [3.63, 3.8) is 0 Å². The molecule has 0 aliphatic carbocycles. The number of carbonyl (C=O) groups excluding carboxylic acids is 1. The molecule has 1 aromatic heterocycles. The number of aliphatic carboxylic acids is 1. The summed E-state index contributed by atoms with van der Waals surface area (Å²) in [6.45, 7) is 0.155. The highest BCUT2D eigenvalue weighted by molar-refractivity contribution is 8.05. The van der Waals surface area contributed by atoms with Crippen molar-refractivity contribution in [3.8, 4) is 0 Å². The molecule has 21 heavy (non-hydrogen) atoms. The van der Waals surface area contributed by atoms with Gasteiger partial charge < -0.3 is 15.7 Å². The number of thioether (sulfide) groups is 2. The second kappa shape index (κ2) is 6.29. The molecule has 2 unspecified atom stereocenters. The molecule has 3 N–H and O–H groups in total. The van der Waals surface area contributed by atoms with E-state index in [4.69, 9.17) is 5.73 Å². The lowest BCUT2D eigenvalue weighted by Gasteiger charge is -2.52. The number of fused-ring (bicyclic) bond motifs is 1. The van der Waals surface area contributed by atoms with Crippen LogP contribution in [0, 0.1) is 0 Å². The Kier molecular flexibility index (Phi) is 5.03. The SMILES string of the molecule is Cl.NC1S[C@@H]2CC(=O)N2CC1(SCc1csnn1)C(=O)O. The molecule has 1 amide bonds. The van der Waals surface area contributed by atoms with Crippen LogP contribution in [0.15, 0.2) is 5.38 Å². The Morgan fingerprint density at radius 1 is 1.67 bits per heavy atom. The van der Waals surface area contributed by atoms with Crippen molar-refractivity contribution in [1.29, 1.82) is 0 Å². The summed E-state index contributed by atoms with van der Waals surface area (Å²) in [4.78, 5) is 24.9. The number of carbonyl (C=O) groups is 2. The van der Waals surface area contributed by atoms with Gasteiger partial charge in [-0.1, -0.05) is 4.49 Å². The molecular formula is C10H13ClN4O3S3. The molecule has 0 spiro atoms. The topological polar surface area (TPSA) is 109 Å². The van der Waals surface area contributed by atoms with Gasteiger partial charge in [0, 0.05) is 17.7 Å². The van der Waals surface area contributed by atoms with Crippen molar-refractivity contribution in [1.82, 2.24) is 14.5 Å². The minimum absolute atomic E-state index is 0. The van der Waals surface area contributed by atoms with Gasteiger partial charge in [0.15, 0.2) is 4.75 Å². The van der Waals surface area contributed by atoms with Crippen molar-refractivity contribution in [3.05, 3.63) is 11.1 Å². The zero-order valence-electron chi connectivity index (χ0n) is 10.7. The van der Waals surface area contributed by atoms with E-state index in [0.717, 1.165) is 5.69 Å². The predicted molar refractivity (Wildman–Crippen MR) is 84.5 cm³/mol. The highest BCUT2D eigenvalue weighted by atomic mass is 35.5. The average Bonchev–Trinajstić information content (AvgIpc) is 2.90. The third-order valence-corrected chi connectivity index (χ3v) is 7.08. The third-order valence-electron chi connectivity index (χ3n) is 3.43. The molecule has 7 nitrogen and oxygen atoms in total. The Hall–Kier alpha value is -0.550. The van der Waals surface area contributed by atoms with E-state index in [-0.39, 0.29) is 30.2 Å². The van der Waals surface area contributed by atoms with Gasteiger partial charge in [0.05, 0.1) is 22.9 Å². The Balaban J connectivity index is 0.00000161. The van der Waals surface area contributed by atoms with Crippen LogP contribution in [0.25, 0.3) is 0 Å². The van der Waals surface area contributed by atoms with E-state index >= 15 is 0 Å². The molecule has 3 atom stereocenters. The van der Waals surface area contributed by atoms with Gasteiger partial charge in [-0.05, 0) is 11.5 Å². The number of β-lactam (4-membered cyclic amide) rings is 1. The summed E-state index contributed by atoms with van der Waals surface area (Å²) in [7, 11) is 0. The monoisotopic (exact) mass is 368 g/mol. The van der Waals surface area contributed by atoms with Crippen molar-refractivity contribution in [2.75, 3.05) is 6.54 Å². The summed E-state index contributed by atoms with van der Waals surface area (Å²) in [5.41, 5.74) is 6.81. The largest absolute Gasteiger partial charge is 0.480 e. The maximum Gasteiger partial charge on any atom is 0.324 e. The predicted octanol–water partition coefficient (Wildman–Crippen LogP) is 0.607. The first kappa shape index (κ1) is 16.8. The minimum Gasteiger partial charge on any atom is -0.480 e. The zero-order chi connectivity index (χ0) is 14.3. The van der Waals surface area contributed by atoms with Crippen LogP contribution in [0.1, 0.15) is 12.1 Å². The summed E-state index contributed by atoms with van der Waals surface area (Å²) in [5.74, 6) is -0.566. The zero-order valence-corrected chi connectivity index (χ0v) is 13.9. The fourth-order valence-corrected chi connectivity index (χ4v) is 5.49. The standard InChI is InChI=1S/C10H12N4O3S3.ClH/c11-8-10(9(16)17,18-2-5-3-19-13-12-5)4-14-6(15)1-7(14)20-8;/h3,7-8H,1-2,4,11H2,(H,16,17);1H/t7-,8?,10?;/m1./s1. The molecule has 116 valence electrons. The number of carboxylic acids is 1. The number of nitrogens with two attached hydrogens (primary N) is 1. The van der Waals surface area contributed by atoms with Crippen LogP contribution in [-0.4, -0.2) is 53.5 Å². The number of halogens is 1. The van der Waals surface area contributed by atoms with Gasteiger partial charge in [0.25, 0.3) is 0 Å². The Bertz CT molecular complexity index is 546.